The standard InChI is InChI=1S/C20H23NO4S/c1-13-6-7-18(14(2)10-13)25-9-8-24-16-5-3-4-15(11-16)19-21-17(12-26-19)20(22)23/h3-7,10-11,17,19,21H,8-9,12H2,1-2H3,(H,22,23). The fraction of sp³-hybridized carbons (Fsp3) is 0.350. The third kappa shape index (κ3) is 4.71. The van der Waals surface area contributed by atoms with Crippen molar-refractivity contribution >= 4 is 17.7 Å². The van der Waals surface area contributed by atoms with Gasteiger partial charge in [-0.05, 0) is 43.2 Å². The van der Waals surface area contributed by atoms with Crippen molar-refractivity contribution in [3.8, 4) is 11.5 Å². The quantitative estimate of drug-likeness (QED) is 0.724. The molecule has 6 heteroatoms. The molecule has 2 atom stereocenters. The number of aryl methyl sites for hydroxylation is 2. The third-order valence-electron chi connectivity index (χ3n) is 4.18. The summed E-state index contributed by atoms with van der Waals surface area (Å²) in [5.74, 6) is 1.39. The van der Waals surface area contributed by atoms with Crippen LogP contribution in [0.15, 0.2) is 42.5 Å². The van der Waals surface area contributed by atoms with E-state index in [0.29, 0.717) is 19.0 Å². The van der Waals surface area contributed by atoms with Crippen molar-refractivity contribution in [1.29, 1.82) is 0 Å². The van der Waals surface area contributed by atoms with Gasteiger partial charge in [-0.3, -0.25) is 10.1 Å². The van der Waals surface area contributed by atoms with E-state index < -0.39 is 12.0 Å². The number of nitrogens with one attached hydrogen (secondary N) is 1. The Kier molecular flexibility index (Phi) is 6.06. The lowest BCUT2D eigenvalue weighted by Gasteiger charge is -2.14. The smallest absolute Gasteiger partial charge is 0.321 e. The van der Waals surface area contributed by atoms with Gasteiger partial charge in [-0.25, -0.2) is 0 Å². The molecule has 138 valence electrons. The van der Waals surface area contributed by atoms with E-state index in [2.05, 4.69) is 18.3 Å². The van der Waals surface area contributed by atoms with E-state index in [1.165, 1.54) is 5.56 Å². The Morgan fingerprint density at radius 2 is 2.00 bits per heavy atom. The van der Waals surface area contributed by atoms with Gasteiger partial charge in [0.25, 0.3) is 0 Å². The van der Waals surface area contributed by atoms with Crippen molar-refractivity contribution in [3.63, 3.8) is 0 Å². The summed E-state index contributed by atoms with van der Waals surface area (Å²) < 4.78 is 11.6. The zero-order valence-electron chi connectivity index (χ0n) is 14.9. The number of carboxylic acid groups (broad SMARTS) is 1. The molecule has 1 heterocycles. The lowest BCUT2D eigenvalue weighted by Crippen LogP contribution is -2.33. The van der Waals surface area contributed by atoms with Crippen molar-refractivity contribution < 1.29 is 19.4 Å². The molecule has 0 aliphatic carbocycles. The van der Waals surface area contributed by atoms with Crippen LogP contribution >= 0.6 is 11.8 Å². The summed E-state index contributed by atoms with van der Waals surface area (Å²) in [5.41, 5.74) is 3.35. The molecule has 1 saturated heterocycles. The van der Waals surface area contributed by atoms with E-state index in [9.17, 15) is 4.79 Å². The number of hydrogen-bond donors (Lipinski definition) is 2. The monoisotopic (exact) mass is 373 g/mol. The lowest BCUT2D eigenvalue weighted by molar-refractivity contribution is -0.138. The molecule has 26 heavy (non-hydrogen) atoms. The van der Waals surface area contributed by atoms with Gasteiger partial charge in [0.05, 0.1) is 5.37 Å². The Balaban J connectivity index is 1.50. The molecule has 0 amide bonds. The molecular formula is C20H23NO4S. The van der Waals surface area contributed by atoms with Gasteiger partial charge in [0, 0.05) is 5.75 Å². The van der Waals surface area contributed by atoms with Crippen molar-refractivity contribution in [2.24, 2.45) is 0 Å². The van der Waals surface area contributed by atoms with Crippen LogP contribution in [0.4, 0.5) is 0 Å². The van der Waals surface area contributed by atoms with E-state index in [4.69, 9.17) is 14.6 Å². The fourth-order valence-corrected chi connectivity index (χ4v) is 4.07. The van der Waals surface area contributed by atoms with Crippen LogP contribution in [0.3, 0.4) is 0 Å². The first-order chi connectivity index (χ1) is 12.5. The van der Waals surface area contributed by atoms with Crippen LogP contribution in [0.5, 0.6) is 11.5 Å². The summed E-state index contributed by atoms with van der Waals surface area (Å²) in [6.45, 7) is 5.00. The first kappa shape index (κ1) is 18.6. The highest BCUT2D eigenvalue weighted by atomic mass is 32.2. The summed E-state index contributed by atoms with van der Waals surface area (Å²) in [7, 11) is 0. The molecule has 1 aliphatic rings. The number of aliphatic carboxylic acids is 1. The predicted molar refractivity (Wildman–Crippen MR) is 103 cm³/mol. The molecule has 0 spiro atoms. The number of rotatable bonds is 7. The maximum Gasteiger partial charge on any atom is 0.321 e. The summed E-state index contributed by atoms with van der Waals surface area (Å²) in [6.07, 6.45) is 0. The van der Waals surface area contributed by atoms with E-state index in [-0.39, 0.29) is 5.37 Å². The second kappa shape index (κ2) is 8.47. The SMILES string of the molecule is Cc1ccc(OCCOc2cccc(C3NC(C(=O)O)CS3)c2)c(C)c1. The van der Waals surface area contributed by atoms with Gasteiger partial charge in [0.2, 0.25) is 0 Å². The average molecular weight is 373 g/mol. The molecule has 0 radical (unpaired) electrons. The van der Waals surface area contributed by atoms with Crippen LogP contribution in [0.25, 0.3) is 0 Å². The van der Waals surface area contributed by atoms with Gasteiger partial charge in [-0.15, -0.1) is 11.8 Å². The lowest BCUT2D eigenvalue weighted by atomic mass is 10.1. The summed E-state index contributed by atoms with van der Waals surface area (Å²) in [6, 6.07) is 13.4. The van der Waals surface area contributed by atoms with Crippen LogP contribution in [0.1, 0.15) is 22.1 Å². The minimum absolute atomic E-state index is 0.0221. The number of ether oxygens (including phenoxy) is 2. The maximum absolute atomic E-state index is 11.1. The highest BCUT2D eigenvalue weighted by molar-refractivity contribution is 7.99. The van der Waals surface area contributed by atoms with Crippen LogP contribution in [-0.4, -0.2) is 36.1 Å². The van der Waals surface area contributed by atoms with E-state index in [0.717, 1.165) is 22.6 Å². The number of thioether (sulfide) groups is 1. The van der Waals surface area contributed by atoms with Crippen LogP contribution in [-0.2, 0) is 4.79 Å². The zero-order chi connectivity index (χ0) is 18.5. The molecule has 3 rings (SSSR count). The summed E-state index contributed by atoms with van der Waals surface area (Å²) in [5, 5.41) is 12.2. The Morgan fingerprint density at radius 3 is 2.73 bits per heavy atom. The van der Waals surface area contributed by atoms with Crippen molar-refractivity contribution in [2.45, 2.75) is 25.3 Å². The largest absolute Gasteiger partial charge is 0.490 e. The highest BCUT2D eigenvalue weighted by Crippen LogP contribution is 2.34. The second-order valence-corrected chi connectivity index (χ2v) is 7.45. The minimum atomic E-state index is -0.809. The Morgan fingerprint density at radius 1 is 1.19 bits per heavy atom. The second-order valence-electron chi connectivity index (χ2n) is 6.31. The molecule has 2 N–H and O–H groups in total. The Hall–Kier alpha value is -2.18. The Labute approximate surface area is 157 Å². The van der Waals surface area contributed by atoms with Gasteiger partial charge < -0.3 is 14.6 Å². The molecule has 0 bridgehead atoms. The normalized spacial score (nSPS) is 19.3. The molecule has 2 aromatic carbocycles. The van der Waals surface area contributed by atoms with Gasteiger partial charge in [0.15, 0.2) is 0 Å². The van der Waals surface area contributed by atoms with Gasteiger partial charge in [-0.2, -0.15) is 0 Å². The molecule has 1 fully saturated rings. The number of hydrogen-bond acceptors (Lipinski definition) is 5. The first-order valence-electron chi connectivity index (χ1n) is 8.56. The molecule has 0 aromatic heterocycles. The van der Waals surface area contributed by atoms with Crippen molar-refractivity contribution in [2.75, 3.05) is 19.0 Å². The van der Waals surface area contributed by atoms with E-state index in [1.54, 1.807) is 11.8 Å². The van der Waals surface area contributed by atoms with Gasteiger partial charge in [0.1, 0.15) is 30.8 Å². The minimum Gasteiger partial charge on any atom is -0.490 e. The summed E-state index contributed by atoms with van der Waals surface area (Å²) >= 11 is 1.60. The van der Waals surface area contributed by atoms with Gasteiger partial charge >= 0.3 is 5.97 Å². The molecule has 2 unspecified atom stereocenters. The molecule has 1 aliphatic heterocycles. The summed E-state index contributed by atoms with van der Waals surface area (Å²) in [4.78, 5) is 11.1. The van der Waals surface area contributed by atoms with Crippen LogP contribution < -0.4 is 14.8 Å². The topological polar surface area (TPSA) is 67.8 Å². The molecule has 5 nitrogen and oxygen atoms in total. The van der Waals surface area contributed by atoms with Gasteiger partial charge in [-0.1, -0.05) is 29.8 Å². The highest BCUT2D eigenvalue weighted by Gasteiger charge is 2.30. The maximum atomic E-state index is 11.1. The zero-order valence-corrected chi connectivity index (χ0v) is 15.7. The third-order valence-corrected chi connectivity index (χ3v) is 5.45. The van der Waals surface area contributed by atoms with Crippen molar-refractivity contribution in [1.82, 2.24) is 5.32 Å². The van der Waals surface area contributed by atoms with Crippen LogP contribution in [0.2, 0.25) is 0 Å². The number of benzene rings is 2. The number of carbonyl (C=O) groups is 1. The predicted octanol–water partition coefficient (Wildman–Crippen LogP) is 3.55. The van der Waals surface area contributed by atoms with Crippen molar-refractivity contribution in [3.05, 3.63) is 59.2 Å². The van der Waals surface area contributed by atoms with E-state index in [1.807, 2.05) is 43.3 Å². The molecule has 2 aromatic rings. The first-order valence-corrected chi connectivity index (χ1v) is 9.61. The molecular weight excluding hydrogens is 350 g/mol. The van der Waals surface area contributed by atoms with E-state index >= 15 is 0 Å². The average Bonchev–Trinajstić information content (AvgIpc) is 3.11. The fourth-order valence-electron chi connectivity index (χ4n) is 2.85. The molecule has 0 saturated carbocycles. The Bertz CT molecular complexity index is 780. The van der Waals surface area contributed by atoms with Crippen LogP contribution in [0, 0.1) is 13.8 Å². The number of carboxylic acids is 1.